The van der Waals surface area contributed by atoms with Gasteiger partial charge >= 0.3 is 0 Å². The summed E-state index contributed by atoms with van der Waals surface area (Å²) in [6, 6.07) is 0. The molecule has 2 rings (SSSR count). The Balaban J connectivity index is 1.81. The zero-order valence-electron chi connectivity index (χ0n) is 12.7. The Labute approximate surface area is 122 Å². The van der Waals surface area contributed by atoms with Crippen molar-refractivity contribution in [2.45, 2.75) is 64.4 Å². The zero-order valence-corrected chi connectivity index (χ0v) is 12.7. The number of aliphatic hydroxyl groups is 1. The van der Waals surface area contributed by atoms with E-state index < -0.39 is 0 Å². The minimum Gasteiger partial charge on any atom is -0.393 e. The van der Waals surface area contributed by atoms with Crippen LogP contribution in [-0.4, -0.2) is 30.2 Å². The van der Waals surface area contributed by atoms with Crippen LogP contribution in [-0.2, 0) is 4.79 Å². The van der Waals surface area contributed by atoms with E-state index in [-0.39, 0.29) is 17.4 Å². The van der Waals surface area contributed by atoms with Crippen LogP contribution in [0.3, 0.4) is 0 Å². The molecule has 0 bridgehead atoms. The Morgan fingerprint density at radius 2 is 1.80 bits per heavy atom. The van der Waals surface area contributed by atoms with Crippen molar-refractivity contribution in [2.24, 2.45) is 23.0 Å². The summed E-state index contributed by atoms with van der Waals surface area (Å²) < 4.78 is 0. The molecule has 0 aromatic rings. The molecule has 2 fully saturated rings. The number of nitrogens with one attached hydrogen (secondary N) is 1. The summed E-state index contributed by atoms with van der Waals surface area (Å²) in [5, 5.41) is 12.7. The van der Waals surface area contributed by atoms with Crippen LogP contribution in [0.25, 0.3) is 0 Å². The van der Waals surface area contributed by atoms with Gasteiger partial charge in [-0.2, -0.15) is 0 Å². The van der Waals surface area contributed by atoms with Gasteiger partial charge in [-0.1, -0.05) is 6.92 Å². The maximum Gasteiger partial charge on any atom is 0.227 e. The van der Waals surface area contributed by atoms with E-state index in [2.05, 4.69) is 12.2 Å². The number of carbonyl (C=O) groups is 1. The van der Waals surface area contributed by atoms with Gasteiger partial charge in [-0.05, 0) is 63.2 Å². The third-order valence-corrected chi connectivity index (χ3v) is 5.47. The van der Waals surface area contributed by atoms with Crippen molar-refractivity contribution in [3.05, 3.63) is 0 Å². The molecule has 1 amide bonds. The van der Waals surface area contributed by atoms with Gasteiger partial charge in [0, 0.05) is 13.1 Å². The highest BCUT2D eigenvalue weighted by Crippen LogP contribution is 2.38. The Bertz CT molecular complexity index is 316. The first kappa shape index (κ1) is 15.8. The number of rotatable bonds is 4. The van der Waals surface area contributed by atoms with Crippen molar-refractivity contribution in [1.82, 2.24) is 5.32 Å². The molecular formula is C16H30N2O2. The van der Waals surface area contributed by atoms with E-state index in [1.165, 1.54) is 0 Å². The van der Waals surface area contributed by atoms with Gasteiger partial charge in [-0.15, -0.1) is 0 Å². The first-order valence-corrected chi connectivity index (χ1v) is 8.22. The molecule has 2 saturated carbocycles. The predicted molar refractivity (Wildman–Crippen MR) is 80.1 cm³/mol. The largest absolute Gasteiger partial charge is 0.393 e. The number of aliphatic hydroxyl groups excluding tert-OH is 1. The highest BCUT2D eigenvalue weighted by molar-refractivity contribution is 5.83. The molecule has 0 atom stereocenters. The average Bonchev–Trinajstić information content (AvgIpc) is 2.47. The lowest BCUT2D eigenvalue weighted by Gasteiger charge is -2.37. The van der Waals surface area contributed by atoms with Crippen molar-refractivity contribution in [1.29, 1.82) is 0 Å². The monoisotopic (exact) mass is 282 g/mol. The molecule has 0 radical (unpaired) electrons. The molecule has 0 heterocycles. The summed E-state index contributed by atoms with van der Waals surface area (Å²) in [6.45, 7) is 3.48. The lowest BCUT2D eigenvalue weighted by atomic mass is 9.70. The van der Waals surface area contributed by atoms with Gasteiger partial charge in [0.05, 0.1) is 11.5 Å². The van der Waals surface area contributed by atoms with Crippen LogP contribution in [0.1, 0.15) is 58.3 Å². The first-order chi connectivity index (χ1) is 9.55. The standard InChI is InChI=1S/C16H30N2O2/c1-12-6-8-16(11-17,9-7-12)15(20)18-10-13-2-4-14(19)5-3-13/h12-14,19H,2-11,17H2,1H3,(H,18,20). The smallest absolute Gasteiger partial charge is 0.227 e. The molecule has 20 heavy (non-hydrogen) atoms. The Kier molecular flexibility index (Phi) is 5.44. The van der Waals surface area contributed by atoms with E-state index >= 15 is 0 Å². The first-order valence-electron chi connectivity index (χ1n) is 8.22. The van der Waals surface area contributed by atoms with Crippen LogP contribution >= 0.6 is 0 Å². The molecule has 0 aromatic heterocycles. The topological polar surface area (TPSA) is 75.4 Å². The van der Waals surface area contributed by atoms with Crippen molar-refractivity contribution in [3.63, 3.8) is 0 Å². The van der Waals surface area contributed by atoms with Gasteiger partial charge in [-0.3, -0.25) is 4.79 Å². The molecule has 0 saturated heterocycles. The molecule has 4 nitrogen and oxygen atoms in total. The van der Waals surface area contributed by atoms with Crippen LogP contribution in [0.5, 0.6) is 0 Å². The molecule has 116 valence electrons. The average molecular weight is 282 g/mol. The lowest BCUT2D eigenvalue weighted by molar-refractivity contribution is -0.133. The number of amides is 1. The number of hydrogen-bond acceptors (Lipinski definition) is 3. The van der Waals surface area contributed by atoms with E-state index in [0.29, 0.717) is 12.5 Å². The molecule has 4 heteroatoms. The fourth-order valence-electron chi connectivity index (χ4n) is 3.61. The highest BCUT2D eigenvalue weighted by atomic mass is 16.3. The van der Waals surface area contributed by atoms with Crippen LogP contribution in [0.2, 0.25) is 0 Å². The van der Waals surface area contributed by atoms with Crippen LogP contribution < -0.4 is 11.1 Å². The lowest BCUT2D eigenvalue weighted by Crippen LogP contribution is -2.49. The number of nitrogens with two attached hydrogens (primary N) is 1. The van der Waals surface area contributed by atoms with Crippen LogP contribution in [0.15, 0.2) is 0 Å². The summed E-state index contributed by atoms with van der Waals surface area (Å²) in [5.74, 6) is 1.42. The van der Waals surface area contributed by atoms with Crippen molar-refractivity contribution >= 4 is 5.91 Å². The molecule has 4 N–H and O–H groups in total. The quantitative estimate of drug-likeness (QED) is 0.736. The van der Waals surface area contributed by atoms with E-state index in [9.17, 15) is 9.90 Å². The van der Waals surface area contributed by atoms with Crippen molar-refractivity contribution in [2.75, 3.05) is 13.1 Å². The van der Waals surface area contributed by atoms with E-state index in [0.717, 1.165) is 63.8 Å². The third-order valence-electron chi connectivity index (χ3n) is 5.47. The molecule has 0 aromatic carbocycles. The van der Waals surface area contributed by atoms with Gasteiger partial charge in [0.15, 0.2) is 0 Å². The molecule has 0 spiro atoms. The SMILES string of the molecule is CC1CCC(CN)(C(=O)NCC2CCC(O)CC2)CC1. The van der Waals surface area contributed by atoms with Gasteiger partial charge in [0.2, 0.25) is 5.91 Å². The van der Waals surface area contributed by atoms with Gasteiger partial charge in [0.1, 0.15) is 0 Å². The maximum absolute atomic E-state index is 12.5. The van der Waals surface area contributed by atoms with E-state index in [1.807, 2.05) is 0 Å². The molecular weight excluding hydrogens is 252 g/mol. The maximum atomic E-state index is 12.5. The fourth-order valence-corrected chi connectivity index (χ4v) is 3.61. The van der Waals surface area contributed by atoms with Gasteiger partial charge in [0.25, 0.3) is 0 Å². The molecule has 0 unspecified atom stereocenters. The second-order valence-electron chi connectivity index (χ2n) is 7.05. The van der Waals surface area contributed by atoms with Gasteiger partial charge in [-0.25, -0.2) is 0 Å². The second-order valence-corrected chi connectivity index (χ2v) is 7.05. The Hall–Kier alpha value is -0.610. The highest BCUT2D eigenvalue weighted by Gasteiger charge is 2.39. The number of carbonyl (C=O) groups excluding carboxylic acids is 1. The summed E-state index contributed by atoms with van der Waals surface area (Å²) in [5.41, 5.74) is 5.60. The molecule has 0 aliphatic heterocycles. The minimum atomic E-state index is -0.319. The molecule has 2 aliphatic carbocycles. The van der Waals surface area contributed by atoms with Crippen LogP contribution in [0.4, 0.5) is 0 Å². The number of hydrogen-bond donors (Lipinski definition) is 3. The second kappa shape index (κ2) is 6.90. The van der Waals surface area contributed by atoms with E-state index in [4.69, 9.17) is 5.73 Å². The Morgan fingerprint density at radius 1 is 1.20 bits per heavy atom. The zero-order chi connectivity index (χ0) is 14.6. The minimum absolute atomic E-state index is 0.128. The van der Waals surface area contributed by atoms with Crippen molar-refractivity contribution in [3.8, 4) is 0 Å². The molecule has 2 aliphatic rings. The normalized spacial score (nSPS) is 38.5. The van der Waals surface area contributed by atoms with E-state index in [1.54, 1.807) is 0 Å². The summed E-state index contributed by atoms with van der Waals surface area (Å²) in [7, 11) is 0. The van der Waals surface area contributed by atoms with Gasteiger partial charge < -0.3 is 16.2 Å². The summed E-state index contributed by atoms with van der Waals surface area (Å²) in [6.07, 6.45) is 7.75. The van der Waals surface area contributed by atoms with Crippen molar-refractivity contribution < 1.29 is 9.90 Å². The Morgan fingerprint density at radius 3 is 2.35 bits per heavy atom. The summed E-state index contributed by atoms with van der Waals surface area (Å²) >= 11 is 0. The third kappa shape index (κ3) is 3.73. The summed E-state index contributed by atoms with van der Waals surface area (Å²) in [4.78, 5) is 12.5. The predicted octanol–water partition coefficient (Wildman–Crippen LogP) is 1.81. The van der Waals surface area contributed by atoms with Crippen LogP contribution in [0, 0.1) is 17.3 Å². The fraction of sp³-hybridized carbons (Fsp3) is 0.938.